The number of aryl methyl sites for hydroxylation is 1. The minimum absolute atomic E-state index is 0.677. The molecular formula is C57H84. The van der Waals surface area contributed by atoms with Crippen LogP contribution in [0, 0.1) is 23.7 Å². The molecule has 0 saturated heterocycles. The number of hydrogen-bond donors (Lipinski definition) is 0. The lowest BCUT2D eigenvalue weighted by Crippen LogP contribution is -2.20. The monoisotopic (exact) mass is 769 g/mol. The summed E-state index contributed by atoms with van der Waals surface area (Å²) in [7, 11) is 0. The van der Waals surface area contributed by atoms with Crippen LogP contribution < -0.4 is 0 Å². The Kier molecular flexibility index (Phi) is 22.3. The largest absolute Gasteiger partial charge is 0.0683 e. The fraction of sp³-hybridized carbons (Fsp3) is 0.509. The molecule has 5 aromatic carbocycles. The van der Waals surface area contributed by atoms with Gasteiger partial charge in [-0.1, -0.05) is 220 Å². The number of rotatable bonds is 0. The summed E-state index contributed by atoms with van der Waals surface area (Å²) in [6, 6.07) is 39.9. The van der Waals surface area contributed by atoms with Crippen LogP contribution in [0.15, 0.2) is 109 Å². The highest BCUT2D eigenvalue weighted by molar-refractivity contribution is 5.92. The first kappa shape index (κ1) is 49.5. The third-order valence-corrected chi connectivity index (χ3v) is 13.1. The van der Waals surface area contributed by atoms with Gasteiger partial charge in [0.2, 0.25) is 0 Å². The molecule has 4 aliphatic carbocycles. The van der Waals surface area contributed by atoms with E-state index in [0.717, 1.165) is 35.5 Å². The molecule has 57 heavy (non-hydrogen) atoms. The van der Waals surface area contributed by atoms with Gasteiger partial charge in [-0.15, -0.1) is 0 Å². The van der Waals surface area contributed by atoms with E-state index in [4.69, 9.17) is 0 Å². The third kappa shape index (κ3) is 12.7. The molecule has 9 rings (SSSR count). The molecule has 0 radical (unpaired) electrons. The summed E-state index contributed by atoms with van der Waals surface area (Å²) in [4.78, 5) is 0. The van der Waals surface area contributed by atoms with Crippen LogP contribution in [0.1, 0.15) is 185 Å². The Morgan fingerprint density at radius 1 is 0.316 bits per heavy atom. The molecule has 8 unspecified atom stereocenters. The Labute approximate surface area is 353 Å². The maximum absolute atomic E-state index is 2.36. The summed E-state index contributed by atoms with van der Waals surface area (Å²) >= 11 is 0. The van der Waals surface area contributed by atoms with Crippen LogP contribution in [0.2, 0.25) is 0 Å². The first-order valence-corrected chi connectivity index (χ1v) is 23.4. The molecule has 5 aromatic rings. The molecule has 0 heterocycles. The Bertz CT molecular complexity index is 1770. The summed E-state index contributed by atoms with van der Waals surface area (Å²) in [5.41, 5.74) is 12.5. The van der Waals surface area contributed by atoms with Gasteiger partial charge in [0.15, 0.2) is 0 Å². The lowest BCUT2D eigenvalue weighted by molar-refractivity contribution is 0.361. The topological polar surface area (TPSA) is 0 Å². The zero-order valence-corrected chi connectivity index (χ0v) is 39.5. The third-order valence-electron chi connectivity index (χ3n) is 13.1. The van der Waals surface area contributed by atoms with Crippen molar-refractivity contribution in [1.29, 1.82) is 0 Å². The quantitative estimate of drug-likeness (QED) is 0.147. The second-order valence-corrected chi connectivity index (χ2v) is 16.2. The minimum atomic E-state index is 0.677. The van der Waals surface area contributed by atoms with Crippen molar-refractivity contribution in [3.8, 4) is 0 Å². The molecule has 0 fully saturated rings. The minimum Gasteiger partial charge on any atom is -0.0683 e. The average Bonchev–Trinajstić information content (AvgIpc) is 3.70. The predicted molar refractivity (Wildman–Crippen MR) is 258 cm³/mol. The normalized spacial score (nSPS) is 23.8. The van der Waals surface area contributed by atoms with E-state index in [1.165, 1.54) is 54.0 Å². The van der Waals surface area contributed by atoms with E-state index in [-0.39, 0.29) is 0 Å². The van der Waals surface area contributed by atoms with E-state index in [1.807, 2.05) is 55.4 Å². The van der Waals surface area contributed by atoms with E-state index in [2.05, 4.69) is 165 Å². The molecule has 0 N–H and O–H groups in total. The molecule has 0 saturated carbocycles. The summed E-state index contributed by atoms with van der Waals surface area (Å²) in [5.74, 6) is 6.31. The van der Waals surface area contributed by atoms with Gasteiger partial charge in [0, 0.05) is 0 Å². The van der Waals surface area contributed by atoms with Gasteiger partial charge in [0.1, 0.15) is 0 Å². The standard InChI is InChI=1S/C14H14.2C12H16.C11H14.4C2H6/c1-9-10(2)13-8-4-6-11-5-3-7-12(9)14(11)13;1-9-7-11-5-3-4-6-12(11)8-10(9)2;1-9-7-8-11-5-3-4-6-12(11)10(9)2;1-8-7-10-5-3-4-6-11(10)9(8)2;4*1-2/h3-10H,1-2H3;2*3-6,9-10H,7-8H2,1-2H3;3-6,8-9H,7H2,1-2H3;4*1-2H3. The fourth-order valence-corrected chi connectivity index (χ4v) is 8.89. The molecular weight excluding hydrogens is 685 g/mol. The molecule has 0 heteroatoms. The van der Waals surface area contributed by atoms with Crippen molar-refractivity contribution in [1.82, 2.24) is 0 Å². The zero-order valence-electron chi connectivity index (χ0n) is 39.5. The molecule has 0 aromatic heterocycles. The number of benzene rings is 5. The van der Waals surface area contributed by atoms with Gasteiger partial charge in [-0.2, -0.15) is 0 Å². The van der Waals surface area contributed by atoms with E-state index in [1.54, 1.807) is 33.4 Å². The molecule has 0 amide bonds. The van der Waals surface area contributed by atoms with Crippen LogP contribution in [0.4, 0.5) is 0 Å². The highest BCUT2D eigenvalue weighted by Gasteiger charge is 2.27. The second kappa shape index (κ2) is 25.7. The van der Waals surface area contributed by atoms with E-state index in [0.29, 0.717) is 11.8 Å². The average molecular weight is 769 g/mol. The van der Waals surface area contributed by atoms with Crippen LogP contribution in [-0.2, 0) is 25.7 Å². The SMILES string of the molecule is CC.CC.CC.CC.CC1CCc2ccccc2C1C.CC1Cc2ccccc2C1C.CC1Cc2ccccc2CC1C.CC1c2cccc3cccc(c23)C1C. The smallest absolute Gasteiger partial charge is 0.0114 e. The second-order valence-electron chi connectivity index (χ2n) is 16.2. The Morgan fingerprint density at radius 3 is 1.12 bits per heavy atom. The van der Waals surface area contributed by atoms with Gasteiger partial charge < -0.3 is 0 Å². The summed E-state index contributed by atoms with van der Waals surface area (Å²) in [5, 5.41) is 2.91. The van der Waals surface area contributed by atoms with Crippen LogP contribution in [0.25, 0.3) is 10.8 Å². The lowest BCUT2D eigenvalue weighted by atomic mass is 9.77. The zero-order chi connectivity index (χ0) is 42.7. The van der Waals surface area contributed by atoms with Crippen molar-refractivity contribution in [2.24, 2.45) is 23.7 Å². The summed E-state index contributed by atoms with van der Waals surface area (Å²) < 4.78 is 0. The Morgan fingerprint density at radius 2 is 0.667 bits per heavy atom. The van der Waals surface area contributed by atoms with Crippen LogP contribution >= 0.6 is 0 Å². The molecule has 8 atom stereocenters. The van der Waals surface area contributed by atoms with Gasteiger partial charge in [-0.3, -0.25) is 0 Å². The highest BCUT2D eigenvalue weighted by atomic mass is 14.3. The summed E-state index contributed by atoms with van der Waals surface area (Å²) in [6.07, 6.45) is 6.46. The van der Waals surface area contributed by atoms with Crippen molar-refractivity contribution in [3.63, 3.8) is 0 Å². The molecule has 0 aliphatic heterocycles. The highest BCUT2D eigenvalue weighted by Crippen LogP contribution is 2.46. The van der Waals surface area contributed by atoms with Crippen LogP contribution in [-0.4, -0.2) is 0 Å². The van der Waals surface area contributed by atoms with E-state index in [9.17, 15) is 0 Å². The lowest BCUT2D eigenvalue weighted by Gasteiger charge is -2.28. The van der Waals surface area contributed by atoms with Crippen LogP contribution in [0.5, 0.6) is 0 Å². The molecule has 4 aliphatic rings. The van der Waals surface area contributed by atoms with Gasteiger partial charge in [0.05, 0.1) is 0 Å². The van der Waals surface area contributed by atoms with Crippen LogP contribution in [0.3, 0.4) is 0 Å². The van der Waals surface area contributed by atoms with Crippen molar-refractivity contribution in [2.75, 3.05) is 0 Å². The maximum Gasteiger partial charge on any atom is -0.0114 e. The van der Waals surface area contributed by atoms with E-state index >= 15 is 0 Å². The molecule has 0 spiro atoms. The Balaban J connectivity index is 0.000000248. The predicted octanol–water partition coefficient (Wildman–Crippen LogP) is 17.6. The number of fused-ring (bicyclic) bond motifs is 3. The van der Waals surface area contributed by atoms with E-state index < -0.39 is 0 Å². The van der Waals surface area contributed by atoms with Crippen molar-refractivity contribution < 1.29 is 0 Å². The molecule has 312 valence electrons. The molecule has 0 bridgehead atoms. The van der Waals surface area contributed by atoms with Crippen molar-refractivity contribution >= 4 is 10.8 Å². The first-order chi connectivity index (χ1) is 27.6. The maximum atomic E-state index is 2.36. The van der Waals surface area contributed by atoms with Gasteiger partial charge in [0.25, 0.3) is 0 Å². The van der Waals surface area contributed by atoms with Gasteiger partial charge in [-0.25, -0.2) is 0 Å². The Hall–Kier alpha value is -3.64. The van der Waals surface area contributed by atoms with Crippen molar-refractivity contribution in [2.45, 2.75) is 167 Å². The molecule has 0 nitrogen and oxygen atoms in total. The fourth-order valence-electron chi connectivity index (χ4n) is 8.89. The number of hydrogen-bond acceptors (Lipinski definition) is 0. The van der Waals surface area contributed by atoms with Gasteiger partial charge in [-0.05, 0) is 135 Å². The summed E-state index contributed by atoms with van der Waals surface area (Å²) in [6.45, 7) is 34.8. The van der Waals surface area contributed by atoms with Gasteiger partial charge >= 0.3 is 0 Å². The van der Waals surface area contributed by atoms with Crippen molar-refractivity contribution in [3.05, 3.63) is 154 Å². The first-order valence-electron chi connectivity index (χ1n) is 23.4.